The summed E-state index contributed by atoms with van der Waals surface area (Å²) in [6.07, 6.45) is 0.829. The third-order valence-corrected chi connectivity index (χ3v) is 4.51. The van der Waals surface area contributed by atoms with Crippen LogP contribution in [0.3, 0.4) is 0 Å². The lowest BCUT2D eigenvalue weighted by molar-refractivity contribution is -0.128. The number of amides is 2. The largest absolute Gasteiger partial charge is 0.490 e. The number of ether oxygens (including phenoxy) is 2. The molecule has 29 heavy (non-hydrogen) atoms. The van der Waals surface area contributed by atoms with E-state index in [-0.39, 0.29) is 11.8 Å². The lowest BCUT2D eigenvalue weighted by atomic mass is 10.1. The Balaban J connectivity index is 2.28. The first-order chi connectivity index (χ1) is 13.9. The first-order valence-corrected chi connectivity index (χ1v) is 9.95. The Morgan fingerprint density at radius 1 is 1.14 bits per heavy atom. The number of halogens is 1. The Morgan fingerprint density at radius 2 is 1.86 bits per heavy atom. The summed E-state index contributed by atoms with van der Waals surface area (Å²) < 4.78 is 11.3. The Bertz CT molecular complexity index is 870. The maximum Gasteiger partial charge on any atom is 0.255 e. The van der Waals surface area contributed by atoms with Gasteiger partial charge >= 0.3 is 0 Å². The van der Waals surface area contributed by atoms with Gasteiger partial charge in [0.2, 0.25) is 5.91 Å². The van der Waals surface area contributed by atoms with Crippen molar-refractivity contribution < 1.29 is 19.1 Å². The summed E-state index contributed by atoms with van der Waals surface area (Å²) in [6, 6.07) is 10.5. The number of nitrogens with zero attached hydrogens (tertiary/aromatic N) is 1. The number of rotatable bonds is 9. The summed E-state index contributed by atoms with van der Waals surface area (Å²) in [6.45, 7) is 6.66. The van der Waals surface area contributed by atoms with Crippen molar-refractivity contribution in [1.82, 2.24) is 4.90 Å². The second-order valence-corrected chi connectivity index (χ2v) is 6.96. The van der Waals surface area contributed by atoms with Gasteiger partial charge in [0.15, 0.2) is 11.5 Å². The molecule has 0 fully saturated rings. The highest BCUT2D eigenvalue weighted by Gasteiger charge is 2.17. The van der Waals surface area contributed by atoms with E-state index in [2.05, 4.69) is 5.32 Å². The van der Waals surface area contributed by atoms with Crippen LogP contribution in [0.1, 0.15) is 43.1 Å². The van der Waals surface area contributed by atoms with Gasteiger partial charge in [-0.2, -0.15) is 0 Å². The van der Waals surface area contributed by atoms with Crippen LogP contribution in [-0.2, 0) is 11.3 Å². The van der Waals surface area contributed by atoms with Gasteiger partial charge in [0, 0.05) is 31.8 Å². The summed E-state index contributed by atoms with van der Waals surface area (Å²) >= 11 is 6.36. The highest BCUT2D eigenvalue weighted by molar-refractivity contribution is 6.32. The molecule has 7 heteroatoms. The molecule has 2 aromatic carbocycles. The van der Waals surface area contributed by atoms with E-state index in [1.165, 1.54) is 6.92 Å². The van der Waals surface area contributed by atoms with Crippen LogP contribution < -0.4 is 14.8 Å². The predicted molar refractivity (Wildman–Crippen MR) is 115 cm³/mol. The molecule has 0 heterocycles. The fourth-order valence-electron chi connectivity index (χ4n) is 2.65. The molecule has 2 aromatic rings. The molecule has 0 aliphatic heterocycles. The van der Waals surface area contributed by atoms with Crippen LogP contribution in [0.15, 0.2) is 36.4 Å². The van der Waals surface area contributed by atoms with Crippen molar-refractivity contribution in [2.75, 3.05) is 25.6 Å². The predicted octanol–water partition coefficient (Wildman–Crippen LogP) is 4.76. The van der Waals surface area contributed by atoms with E-state index in [4.69, 9.17) is 21.1 Å². The zero-order chi connectivity index (χ0) is 21.4. The van der Waals surface area contributed by atoms with Crippen LogP contribution in [0.4, 0.5) is 5.69 Å². The summed E-state index contributed by atoms with van der Waals surface area (Å²) in [5.41, 5.74) is 1.82. The summed E-state index contributed by atoms with van der Waals surface area (Å²) in [5.74, 6) is 0.494. The molecule has 0 radical (unpaired) electrons. The SMILES string of the molecule is CCCOc1c(Cl)cc(C(=O)Nc2ccccc2CN(C)C(C)=O)cc1OCC. The minimum absolute atomic E-state index is 0.0538. The average Bonchev–Trinajstić information content (AvgIpc) is 2.68. The van der Waals surface area contributed by atoms with E-state index in [0.29, 0.717) is 47.5 Å². The van der Waals surface area contributed by atoms with Gasteiger partial charge in [-0.25, -0.2) is 0 Å². The maximum atomic E-state index is 12.9. The number of benzene rings is 2. The number of anilines is 1. The highest BCUT2D eigenvalue weighted by atomic mass is 35.5. The van der Waals surface area contributed by atoms with Crippen molar-refractivity contribution in [3.8, 4) is 11.5 Å². The molecule has 0 atom stereocenters. The van der Waals surface area contributed by atoms with E-state index >= 15 is 0 Å². The lowest BCUT2D eigenvalue weighted by Gasteiger charge is -2.18. The molecule has 1 N–H and O–H groups in total. The number of nitrogens with one attached hydrogen (secondary N) is 1. The van der Waals surface area contributed by atoms with Gasteiger partial charge in [0.1, 0.15) is 0 Å². The fourth-order valence-corrected chi connectivity index (χ4v) is 2.91. The van der Waals surface area contributed by atoms with Crippen LogP contribution in [-0.4, -0.2) is 37.0 Å². The normalized spacial score (nSPS) is 10.4. The van der Waals surface area contributed by atoms with Crippen molar-refractivity contribution in [2.45, 2.75) is 33.7 Å². The molecule has 156 valence electrons. The summed E-state index contributed by atoms with van der Waals surface area (Å²) in [7, 11) is 1.71. The first kappa shape index (κ1) is 22.6. The molecule has 6 nitrogen and oxygen atoms in total. The quantitative estimate of drug-likeness (QED) is 0.637. The molecule has 0 bridgehead atoms. The van der Waals surface area contributed by atoms with E-state index < -0.39 is 0 Å². The van der Waals surface area contributed by atoms with E-state index in [0.717, 1.165) is 12.0 Å². The van der Waals surface area contributed by atoms with Crippen molar-refractivity contribution in [1.29, 1.82) is 0 Å². The summed E-state index contributed by atoms with van der Waals surface area (Å²) in [4.78, 5) is 26.0. The van der Waals surface area contributed by atoms with Gasteiger partial charge in [0.25, 0.3) is 5.91 Å². The van der Waals surface area contributed by atoms with E-state index in [1.807, 2.05) is 32.0 Å². The third-order valence-electron chi connectivity index (χ3n) is 4.23. The molecule has 0 saturated heterocycles. The highest BCUT2D eigenvalue weighted by Crippen LogP contribution is 2.37. The molecule has 0 spiro atoms. The van der Waals surface area contributed by atoms with Gasteiger partial charge in [0.05, 0.1) is 18.2 Å². The van der Waals surface area contributed by atoms with Crippen molar-refractivity contribution in [3.63, 3.8) is 0 Å². The maximum absolute atomic E-state index is 12.9. The van der Waals surface area contributed by atoms with Gasteiger partial charge in [-0.1, -0.05) is 36.7 Å². The van der Waals surface area contributed by atoms with Crippen molar-refractivity contribution in [2.24, 2.45) is 0 Å². The zero-order valence-corrected chi connectivity index (χ0v) is 18.0. The van der Waals surface area contributed by atoms with Crippen LogP contribution in [0, 0.1) is 0 Å². The molecule has 0 unspecified atom stereocenters. The first-order valence-electron chi connectivity index (χ1n) is 9.57. The third kappa shape index (κ3) is 6.12. The summed E-state index contributed by atoms with van der Waals surface area (Å²) in [5, 5.41) is 3.22. The smallest absolute Gasteiger partial charge is 0.255 e. The van der Waals surface area contributed by atoms with Gasteiger partial charge in [-0.15, -0.1) is 0 Å². The molecule has 0 aliphatic carbocycles. The minimum Gasteiger partial charge on any atom is -0.490 e. The van der Waals surface area contributed by atoms with E-state index in [1.54, 1.807) is 30.1 Å². The Morgan fingerprint density at radius 3 is 2.52 bits per heavy atom. The average molecular weight is 419 g/mol. The number of hydrogen-bond donors (Lipinski definition) is 1. The Labute approximate surface area is 176 Å². The fraction of sp³-hybridized carbons (Fsp3) is 0.364. The van der Waals surface area contributed by atoms with E-state index in [9.17, 15) is 9.59 Å². The zero-order valence-electron chi connectivity index (χ0n) is 17.3. The molecule has 2 amide bonds. The Kier molecular flexibility index (Phi) is 8.34. The standard InChI is InChI=1S/C22H27ClN2O4/c1-5-11-29-21-18(23)12-17(13-20(21)28-6-2)22(27)24-19-10-8-7-9-16(19)14-25(4)15(3)26/h7-10,12-13H,5-6,11,14H2,1-4H3,(H,24,27). The Hall–Kier alpha value is -2.73. The number of para-hydroxylation sites is 1. The molecule has 0 aromatic heterocycles. The van der Waals surface area contributed by atoms with Crippen LogP contribution in [0.5, 0.6) is 11.5 Å². The molecule has 0 aliphatic rings. The monoisotopic (exact) mass is 418 g/mol. The number of carbonyl (C=O) groups is 2. The van der Waals surface area contributed by atoms with Crippen LogP contribution in [0.25, 0.3) is 0 Å². The minimum atomic E-state index is -0.326. The molecule has 2 rings (SSSR count). The molecular formula is C22H27ClN2O4. The number of carbonyl (C=O) groups excluding carboxylic acids is 2. The lowest BCUT2D eigenvalue weighted by Crippen LogP contribution is -2.24. The van der Waals surface area contributed by atoms with Gasteiger partial charge in [-0.3, -0.25) is 9.59 Å². The molecule has 0 saturated carbocycles. The van der Waals surface area contributed by atoms with Gasteiger partial charge < -0.3 is 19.7 Å². The van der Waals surface area contributed by atoms with Crippen molar-refractivity contribution >= 4 is 29.1 Å². The van der Waals surface area contributed by atoms with Crippen molar-refractivity contribution in [3.05, 3.63) is 52.5 Å². The molecular weight excluding hydrogens is 392 g/mol. The van der Waals surface area contributed by atoms with Gasteiger partial charge in [-0.05, 0) is 37.1 Å². The number of hydrogen-bond acceptors (Lipinski definition) is 4. The van der Waals surface area contributed by atoms with Crippen LogP contribution in [0.2, 0.25) is 5.02 Å². The van der Waals surface area contributed by atoms with Crippen LogP contribution >= 0.6 is 11.6 Å². The topological polar surface area (TPSA) is 67.9 Å². The second kappa shape index (κ2) is 10.7. The second-order valence-electron chi connectivity index (χ2n) is 6.55.